The number of hydrogen-bond acceptors (Lipinski definition) is 3. The molecular weight excluding hydrogens is 194 g/mol. The molecule has 0 aliphatic carbocycles. The van der Waals surface area contributed by atoms with Crippen LogP contribution in [0.25, 0.3) is 0 Å². The van der Waals surface area contributed by atoms with Gasteiger partial charge in [0.1, 0.15) is 0 Å². The van der Waals surface area contributed by atoms with Crippen LogP contribution in [0, 0.1) is 5.92 Å². The third-order valence-electron chi connectivity index (χ3n) is 1.51. The number of rotatable bonds is 5. The minimum Gasteiger partial charge on any atom is -0.450 e. The van der Waals surface area contributed by atoms with Crippen LogP contribution in [0.4, 0.5) is 4.79 Å². The Bertz CT molecular complexity index is 184. The van der Waals surface area contributed by atoms with E-state index in [1.807, 2.05) is 0 Å². The van der Waals surface area contributed by atoms with Crippen molar-refractivity contribution < 1.29 is 14.3 Å². The highest BCUT2D eigenvalue weighted by molar-refractivity contribution is 6.27. The lowest BCUT2D eigenvalue weighted by atomic mass is 10.1. The van der Waals surface area contributed by atoms with Crippen LogP contribution in [0.5, 0.6) is 0 Å². The average Bonchev–Trinajstić information content (AvgIpc) is 2.13. The second-order valence-electron chi connectivity index (χ2n) is 2.60. The quantitative estimate of drug-likeness (QED) is 0.689. The van der Waals surface area contributed by atoms with Gasteiger partial charge < -0.3 is 10.1 Å². The van der Waals surface area contributed by atoms with E-state index < -0.39 is 6.09 Å². The van der Waals surface area contributed by atoms with Gasteiger partial charge in [0, 0.05) is 12.5 Å². The lowest BCUT2D eigenvalue weighted by Gasteiger charge is -2.09. The fraction of sp³-hybridized carbons (Fsp3) is 0.750. The Morgan fingerprint density at radius 2 is 2.15 bits per heavy atom. The third-order valence-corrected chi connectivity index (χ3v) is 1.77. The average molecular weight is 208 g/mol. The van der Waals surface area contributed by atoms with Gasteiger partial charge in [0.2, 0.25) is 0 Å². The molecule has 0 rings (SSSR count). The molecule has 0 saturated carbocycles. The van der Waals surface area contributed by atoms with E-state index in [1.54, 1.807) is 13.8 Å². The van der Waals surface area contributed by atoms with Gasteiger partial charge in [-0.15, -0.1) is 11.6 Å². The number of nitrogens with one attached hydrogen (secondary N) is 1. The number of amides is 1. The fourth-order valence-corrected chi connectivity index (χ4v) is 0.928. The van der Waals surface area contributed by atoms with E-state index in [1.165, 1.54) is 0 Å². The number of Topliss-reactive ketones (excluding diaryl/α,β-unsaturated/α-hetero) is 1. The fourth-order valence-electron chi connectivity index (χ4n) is 0.664. The number of carbonyl (C=O) groups is 2. The zero-order valence-corrected chi connectivity index (χ0v) is 8.56. The van der Waals surface area contributed by atoms with Gasteiger partial charge in [0.05, 0.1) is 12.5 Å². The van der Waals surface area contributed by atoms with Crippen LogP contribution in [0.3, 0.4) is 0 Å². The minimum atomic E-state index is -0.503. The summed E-state index contributed by atoms with van der Waals surface area (Å²) < 4.78 is 4.61. The standard InChI is InChI=1S/C8H14ClNO3/c1-3-13-8(12)10-5-6(2)7(11)4-9/h6H,3-5H2,1-2H3,(H,10,12). The van der Waals surface area contributed by atoms with Crippen LogP contribution in [0.2, 0.25) is 0 Å². The second-order valence-corrected chi connectivity index (χ2v) is 2.87. The van der Waals surface area contributed by atoms with Gasteiger partial charge in [-0.25, -0.2) is 4.79 Å². The summed E-state index contributed by atoms with van der Waals surface area (Å²) in [7, 11) is 0. The first-order chi connectivity index (χ1) is 6.11. The van der Waals surface area contributed by atoms with Gasteiger partial charge in [-0.2, -0.15) is 0 Å². The van der Waals surface area contributed by atoms with Gasteiger partial charge in [-0.3, -0.25) is 4.79 Å². The van der Waals surface area contributed by atoms with Crippen molar-refractivity contribution in [1.82, 2.24) is 5.32 Å². The van der Waals surface area contributed by atoms with E-state index in [4.69, 9.17) is 11.6 Å². The second kappa shape index (κ2) is 6.71. The van der Waals surface area contributed by atoms with Crippen molar-refractivity contribution in [2.45, 2.75) is 13.8 Å². The largest absolute Gasteiger partial charge is 0.450 e. The Balaban J connectivity index is 3.63. The maximum atomic E-state index is 11.0. The maximum absolute atomic E-state index is 11.0. The normalized spacial score (nSPS) is 11.9. The lowest BCUT2D eigenvalue weighted by Crippen LogP contribution is -2.32. The molecule has 0 spiro atoms. The Morgan fingerprint density at radius 3 is 2.62 bits per heavy atom. The van der Waals surface area contributed by atoms with E-state index in [0.29, 0.717) is 6.61 Å². The summed E-state index contributed by atoms with van der Waals surface area (Å²) in [6.45, 7) is 4.01. The molecule has 0 bridgehead atoms. The van der Waals surface area contributed by atoms with Gasteiger partial charge >= 0.3 is 6.09 Å². The molecule has 13 heavy (non-hydrogen) atoms. The topological polar surface area (TPSA) is 55.4 Å². The number of halogens is 1. The summed E-state index contributed by atoms with van der Waals surface area (Å²) in [4.78, 5) is 21.7. The Kier molecular flexibility index (Phi) is 6.32. The van der Waals surface area contributed by atoms with Crippen molar-refractivity contribution in [1.29, 1.82) is 0 Å². The van der Waals surface area contributed by atoms with E-state index in [2.05, 4.69) is 10.1 Å². The predicted octanol–water partition coefficient (Wildman–Crippen LogP) is 1.18. The van der Waals surface area contributed by atoms with E-state index >= 15 is 0 Å². The SMILES string of the molecule is CCOC(=O)NCC(C)C(=O)CCl. The molecule has 0 fully saturated rings. The van der Waals surface area contributed by atoms with E-state index in [0.717, 1.165) is 0 Å². The van der Waals surface area contributed by atoms with Crippen LogP contribution in [-0.4, -0.2) is 30.9 Å². The van der Waals surface area contributed by atoms with E-state index in [-0.39, 0.29) is 24.1 Å². The van der Waals surface area contributed by atoms with Crippen molar-refractivity contribution >= 4 is 23.5 Å². The highest BCUT2D eigenvalue weighted by Crippen LogP contribution is 1.96. The number of hydrogen-bond donors (Lipinski definition) is 1. The number of ether oxygens (including phenoxy) is 1. The smallest absolute Gasteiger partial charge is 0.407 e. The number of alkyl carbamates (subject to hydrolysis) is 1. The lowest BCUT2D eigenvalue weighted by molar-refractivity contribution is -0.119. The molecule has 0 saturated heterocycles. The highest BCUT2D eigenvalue weighted by atomic mass is 35.5. The summed E-state index contributed by atoms with van der Waals surface area (Å²) in [5.41, 5.74) is 0. The van der Waals surface area contributed by atoms with Crippen molar-refractivity contribution in [3.05, 3.63) is 0 Å². The molecule has 1 amide bonds. The highest BCUT2D eigenvalue weighted by Gasteiger charge is 2.12. The van der Waals surface area contributed by atoms with Crippen molar-refractivity contribution in [3.63, 3.8) is 0 Å². The molecule has 1 N–H and O–H groups in total. The Labute approximate surface area is 82.6 Å². The van der Waals surface area contributed by atoms with Gasteiger partial charge in [0.25, 0.3) is 0 Å². The molecule has 0 heterocycles. The first-order valence-electron chi connectivity index (χ1n) is 4.11. The summed E-state index contributed by atoms with van der Waals surface area (Å²) >= 11 is 5.33. The summed E-state index contributed by atoms with van der Waals surface area (Å²) in [6, 6.07) is 0. The van der Waals surface area contributed by atoms with Crippen molar-refractivity contribution in [2.75, 3.05) is 19.0 Å². The third kappa shape index (κ3) is 5.47. The van der Waals surface area contributed by atoms with Gasteiger partial charge in [-0.1, -0.05) is 6.92 Å². The maximum Gasteiger partial charge on any atom is 0.407 e. The Morgan fingerprint density at radius 1 is 1.54 bits per heavy atom. The van der Waals surface area contributed by atoms with Gasteiger partial charge in [0.15, 0.2) is 5.78 Å². The summed E-state index contributed by atoms with van der Waals surface area (Å²) in [5, 5.41) is 2.46. The number of carbonyl (C=O) groups excluding carboxylic acids is 2. The molecule has 0 aromatic heterocycles. The Hall–Kier alpha value is -0.770. The molecule has 0 aromatic carbocycles. The molecule has 0 aliphatic rings. The monoisotopic (exact) mass is 207 g/mol. The minimum absolute atomic E-state index is 0.0222. The van der Waals surface area contributed by atoms with Crippen LogP contribution in [0.1, 0.15) is 13.8 Å². The molecule has 0 radical (unpaired) electrons. The van der Waals surface area contributed by atoms with Gasteiger partial charge in [-0.05, 0) is 6.92 Å². The molecule has 5 heteroatoms. The zero-order chi connectivity index (χ0) is 10.3. The molecule has 0 aromatic rings. The first kappa shape index (κ1) is 12.2. The van der Waals surface area contributed by atoms with Crippen LogP contribution < -0.4 is 5.32 Å². The summed E-state index contributed by atoms with van der Waals surface area (Å²) in [6.07, 6.45) is -0.503. The molecule has 0 aliphatic heterocycles. The molecule has 4 nitrogen and oxygen atoms in total. The first-order valence-corrected chi connectivity index (χ1v) is 4.64. The number of alkyl halides is 1. The van der Waals surface area contributed by atoms with Crippen molar-refractivity contribution in [3.8, 4) is 0 Å². The van der Waals surface area contributed by atoms with Crippen LogP contribution >= 0.6 is 11.6 Å². The number of ketones is 1. The van der Waals surface area contributed by atoms with Crippen LogP contribution in [0.15, 0.2) is 0 Å². The molecule has 1 atom stereocenters. The van der Waals surface area contributed by atoms with Crippen LogP contribution in [-0.2, 0) is 9.53 Å². The van der Waals surface area contributed by atoms with E-state index in [9.17, 15) is 9.59 Å². The molecular formula is C8H14ClNO3. The predicted molar refractivity (Wildman–Crippen MR) is 49.9 cm³/mol. The summed E-state index contributed by atoms with van der Waals surface area (Å²) in [5.74, 6) is -0.369. The zero-order valence-electron chi connectivity index (χ0n) is 7.80. The van der Waals surface area contributed by atoms with Crippen molar-refractivity contribution in [2.24, 2.45) is 5.92 Å². The molecule has 76 valence electrons. The molecule has 1 unspecified atom stereocenters.